The zero-order chi connectivity index (χ0) is 10.6. The minimum atomic E-state index is -0.295. The summed E-state index contributed by atoms with van der Waals surface area (Å²) in [6.45, 7) is 5.18. The van der Waals surface area contributed by atoms with E-state index in [1.165, 1.54) is 13.2 Å². The monoisotopic (exact) mass is 198 g/mol. The Balaban J connectivity index is 2.45. The third-order valence-corrected chi connectivity index (χ3v) is 2.49. The SMILES string of the molecule is COC(=O)/C=C/N1CCN(C)CC1C. The first-order valence-electron chi connectivity index (χ1n) is 4.84. The van der Waals surface area contributed by atoms with Gasteiger partial charge in [-0.25, -0.2) is 4.79 Å². The van der Waals surface area contributed by atoms with E-state index in [0.29, 0.717) is 6.04 Å². The van der Waals surface area contributed by atoms with Crippen LogP contribution in [0, 0.1) is 0 Å². The first-order chi connectivity index (χ1) is 6.63. The molecule has 0 aromatic rings. The summed E-state index contributed by atoms with van der Waals surface area (Å²) >= 11 is 0. The Morgan fingerprint density at radius 2 is 2.21 bits per heavy atom. The molecule has 1 unspecified atom stereocenters. The average molecular weight is 198 g/mol. The maximum absolute atomic E-state index is 10.9. The van der Waals surface area contributed by atoms with Crippen LogP contribution in [0.1, 0.15) is 6.92 Å². The van der Waals surface area contributed by atoms with Crippen LogP contribution in [0.2, 0.25) is 0 Å². The van der Waals surface area contributed by atoms with Gasteiger partial charge in [0, 0.05) is 38.0 Å². The van der Waals surface area contributed by atoms with Gasteiger partial charge in [-0.3, -0.25) is 0 Å². The van der Waals surface area contributed by atoms with Gasteiger partial charge in [0.1, 0.15) is 0 Å². The van der Waals surface area contributed by atoms with E-state index in [1.807, 2.05) is 6.20 Å². The second kappa shape index (κ2) is 5.00. The standard InChI is InChI=1S/C10H18N2O2/c1-9-8-11(2)6-7-12(9)5-4-10(13)14-3/h4-5,9H,6-8H2,1-3H3/b5-4+. The minimum Gasteiger partial charge on any atom is -0.466 e. The number of ether oxygens (including phenoxy) is 1. The van der Waals surface area contributed by atoms with Crippen molar-refractivity contribution in [1.82, 2.24) is 9.80 Å². The molecule has 0 amide bonds. The molecule has 1 aliphatic rings. The lowest BCUT2D eigenvalue weighted by Crippen LogP contribution is -2.47. The van der Waals surface area contributed by atoms with Crippen LogP contribution in [-0.2, 0) is 9.53 Å². The Kier molecular flexibility index (Phi) is 3.95. The molecule has 1 aliphatic heterocycles. The molecule has 14 heavy (non-hydrogen) atoms. The fourth-order valence-electron chi connectivity index (χ4n) is 1.60. The molecule has 1 fully saturated rings. The third kappa shape index (κ3) is 3.03. The van der Waals surface area contributed by atoms with Crippen LogP contribution < -0.4 is 0 Å². The number of hydrogen-bond donors (Lipinski definition) is 0. The van der Waals surface area contributed by atoms with E-state index in [9.17, 15) is 4.79 Å². The molecule has 4 heteroatoms. The van der Waals surface area contributed by atoms with Gasteiger partial charge in [-0.05, 0) is 14.0 Å². The fraction of sp³-hybridized carbons (Fsp3) is 0.700. The molecule has 1 saturated heterocycles. The van der Waals surface area contributed by atoms with E-state index in [4.69, 9.17) is 0 Å². The van der Waals surface area contributed by atoms with E-state index in [1.54, 1.807) is 0 Å². The normalized spacial score (nSPS) is 24.2. The number of likely N-dealkylation sites (N-methyl/N-ethyl adjacent to an activating group) is 1. The molecule has 1 rings (SSSR count). The van der Waals surface area contributed by atoms with Gasteiger partial charge in [0.2, 0.25) is 0 Å². The molecule has 4 nitrogen and oxygen atoms in total. The molecule has 1 heterocycles. The second-order valence-electron chi connectivity index (χ2n) is 3.69. The van der Waals surface area contributed by atoms with Crippen molar-refractivity contribution in [3.8, 4) is 0 Å². The van der Waals surface area contributed by atoms with Crippen molar-refractivity contribution in [3.05, 3.63) is 12.3 Å². The number of carbonyl (C=O) groups is 1. The Hall–Kier alpha value is -1.03. The molecular formula is C10H18N2O2. The first kappa shape index (κ1) is 11.0. The lowest BCUT2D eigenvalue weighted by atomic mass is 10.2. The van der Waals surface area contributed by atoms with Crippen molar-refractivity contribution in [3.63, 3.8) is 0 Å². The summed E-state index contributed by atoms with van der Waals surface area (Å²) in [5.41, 5.74) is 0. The Morgan fingerprint density at radius 3 is 2.79 bits per heavy atom. The number of hydrogen-bond acceptors (Lipinski definition) is 4. The average Bonchev–Trinajstić information content (AvgIpc) is 2.16. The van der Waals surface area contributed by atoms with Crippen molar-refractivity contribution >= 4 is 5.97 Å². The van der Waals surface area contributed by atoms with E-state index < -0.39 is 0 Å². The number of nitrogens with zero attached hydrogens (tertiary/aromatic N) is 2. The highest BCUT2D eigenvalue weighted by Gasteiger charge is 2.18. The van der Waals surface area contributed by atoms with Crippen LogP contribution in [0.25, 0.3) is 0 Å². The molecule has 1 atom stereocenters. The number of esters is 1. The number of rotatable bonds is 2. The van der Waals surface area contributed by atoms with Crippen LogP contribution >= 0.6 is 0 Å². The molecule has 0 radical (unpaired) electrons. The van der Waals surface area contributed by atoms with Gasteiger partial charge in [-0.1, -0.05) is 0 Å². The third-order valence-electron chi connectivity index (χ3n) is 2.49. The molecule has 0 saturated carbocycles. The Labute approximate surface area is 85.1 Å². The van der Waals surface area contributed by atoms with E-state index >= 15 is 0 Å². The maximum Gasteiger partial charge on any atom is 0.331 e. The molecule has 0 bridgehead atoms. The lowest BCUT2D eigenvalue weighted by molar-refractivity contribution is -0.134. The van der Waals surface area contributed by atoms with Crippen molar-refractivity contribution in [2.24, 2.45) is 0 Å². The van der Waals surface area contributed by atoms with E-state index in [2.05, 4.69) is 28.5 Å². The summed E-state index contributed by atoms with van der Waals surface area (Å²) in [6.07, 6.45) is 3.30. The quantitative estimate of drug-likeness (QED) is 0.472. The first-order valence-corrected chi connectivity index (χ1v) is 4.84. The molecule has 0 spiro atoms. The highest BCUT2D eigenvalue weighted by atomic mass is 16.5. The summed E-state index contributed by atoms with van der Waals surface area (Å²) in [5, 5.41) is 0. The Morgan fingerprint density at radius 1 is 1.50 bits per heavy atom. The van der Waals surface area contributed by atoms with Gasteiger partial charge in [-0.15, -0.1) is 0 Å². The van der Waals surface area contributed by atoms with Gasteiger partial charge in [0.15, 0.2) is 0 Å². The van der Waals surface area contributed by atoms with Crippen LogP contribution in [0.4, 0.5) is 0 Å². The largest absolute Gasteiger partial charge is 0.466 e. The van der Waals surface area contributed by atoms with Crippen molar-refractivity contribution < 1.29 is 9.53 Å². The van der Waals surface area contributed by atoms with E-state index in [-0.39, 0.29) is 5.97 Å². The highest BCUT2D eigenvalue weighted by molar-refractivity contribution is 5.81. The molecule has 0 aromatic heterocycles. The molecular weight excluding hydrogens is 180 g/mol. The number of carbonyl (C=O) groups excluding carboxylic acids is 1. The summed E-state index contributed by atoms with van der Waals surface area (Å²) in [6, 6.07) is 0.453. The smallest absolute Gasteiger partial charge is 0.331 e. The van der Waals surface area contributed by atoms with Crippen molar-refractivity contribution in [2.45, 2.75) is 13.0 Å². The summed E-state index contributed by atoms with van der Waals surface area (Å²) < 4.78 is 4.53. The molecule has 0 N–H and O–H groups in total. The van der Waals surface area contributed by atoms with Crippen molar-refractivity contribution in [1.29, 1.82) is 0 Å². The fourth-order valence-corrected chi connectivity index (χ4v) is 1.60. The summed E-state index contributed by atoms with van der Waals surface area (Å²) in [5.74, 6) is -0.295. The Bertz CT molecular complexity index is 228. The van der Waals surface area contributed by atoms with Crippen LogP contribution in [0.3, 0.4) is 0 Å². The van der Waals surface area contributed by atoms with Gasteiger partial charge < -0.3 is 14.5 Å². The second-order valence-corrected chi connectivity index (χ2v) is 3.69. The topological polar surface area (TPSA) is 32.8 Å². The van der Waals surface area contributed by atoms with Crippen LogP contribution in [0.5, 0.6) is 0 Å². The number of methoxy groups -OCH3 is 1. The van der Waals surface area contributed by atoms with Gasteiger partial charge in [-0.2, -0.15) is 0 Å². The summed E-state index contributed by atoms with van der Waals surface area (Å²) in [4.78, 5) is 15.3. The lowest BCUT2D eigenvalue weighted by Gasteiger charge is -2.37. The molecule has 0 aliphatic carbocycles. The molecule has 0 aromatic carbocycles. The zero-order valence-electron chi connectivity index (χ0n) is 9.06. The van der Waals surface area contributed by atoms with E-state index in [0.717, 1.165) is 19.6 Å². The van der Waals surface area contributed by atoms with Gasteiger partial charge >= 0.3 is 5.97 Å². The number of piperazine rings is 1. The highest BCUT2D eigenvalue weighted by Crippen LogP contribution is 2.07. The van der Waals surface area contributed by atoms with Gasteiger partial charge in [0.25, 0.3) is 0 Å². The predicted octanol–water partition coefficient (Wildman–Crippen LogP) is 0.309. The zero-order valence-corrected chi connectivity index (χ0v) is 9.06. The minimum absolute atomic E-state index is 0.295. The molecule has 80 valence electrons. The maximum atomic E-state index is 10.9. The summed E-state index contributed by atoms with van der Waals surface area (Å²) in [7, 11) is 3.50. The predicted molar refractivity (Wildman–Crippen MR) is 54.8 cm³/mol. The van der Waals surface area contributed by atoms with Crippen molar-refractivity contribution in [2.75, 3.05) is 33.8 Å². The van der Waals surface area contributed by atoms with Crippen LogP contribution in [-0.4, -0.2) is 55.6 Å². The van der Waals surface area contributed by atoms with Gasteiger partial charge in [0.05, 0.1) is 7.11 Å². The van der Waals surface area contributed by atoms with Crippen LogP contribution in [0.15, 0.2) is 12.3 Å².